The van der Waals surface area contributed by atoms with Crippen LogP contribution >= 0.6 is 0 Å². The van der Waals surface area contributed by atoms with E-state index in [0.29, 0.717) is 0 Å². The number of unbranched alkanes of at least 4 members (excludes halogenated alkanes) is 1. The molecule has 0 unspecified atom stereocenters. The molecule has 7 rings (SSSR count). The van der Waals surface area contributed by atoms with Gasteiger partial charge < -0.3 is 15.2 Å². The first kappa shape index (κ1) is 29.4. The molecular formula is C43H41N3. The minimum absolute atomic E-state index is 0.0853. The smallest absolute Gasteiger partial charge is 0.0491 e. The van der Waals surface area contributed by atoms with Gasteiger partial charge in [0.05, 0.1) is 0 Å². The van der Waals surface area contributed by atoms with E-state index in [9.17, 15) is 0 Å². The highest BCUT2D eigenvalue weighted by molar-refractivity contribution is 6.08. The van der Waals surface area contributed by atoms with E-state index in [4.69, 9.17) is 0 Å². The largest absolute Gasteiger partial charge is 0.355 e. The van der Waals surface area contributed by atoms with E-state index in [-0.39, 0.29) is 5.92 Å². The second-order valence-corrected chi connectivity index (χ2v) is 12.4. The van der Waals surface area contributed by atoms with Gasteiger partial charge in [-0.2, -0.15) is 0 Å². The zero-order valence-electron chi connectivity index (χ0n) is 26.9. The van der Waals surface area contributed by atoms with Crippen LogP contribution in [0.5, 0.6) is 0 Å². The van der Waals surface area contributed by atoms with Crippen LogP contribution in [0, 0.1) is 13.8 Å². The summed E-state index contributed by atoms with van der Waals surface area (Å²) >= 11 is 0. The lowest BCUT2D eigenvalue weighted by Crippen LogP contribution is -2.05. The molecule has 228 valence electrons. The van der Waals surface area contributed by atoms with Crippen LogP contribution in [0.2, 0.25) is 0 Å². The van der Waals surface area contributed by atoms with Crippen molar-refractivity contribution in [2.45, 2.75) is 46.1 Å². The fourth-order valence-electron chi connectivity index (χ4n) is 6.64. The van der Waals surface area contributed by atoms with Crippen molar-refractivity contribution in [3.63, 3.8) is 0 Å². The zero-order chi connectivity index (χ0) is 31.5. The minimum Gasteiger partial charge on any atom is -0.355 e. The average Bonchev–Trinajstić information content (AvgIpc) is 3.40. The molecule has 46 heavy (non-hydrogen) atoms. The van der Waals surface area contributed by atoms with Crippen LogP contribution in [0.3, 0.4) is 0 Å². The van der Waals surface area contributed by atoms with Crippen LogP contribution in [0.25, 0.3) is 21.8 Å². The topological polar surface area (TPSA) is 29.0 Å². The zero-order valence-corrected chi connectivity index (χ0v) is 26.9. The summed E-state index contributed by atoms with van der Waals surface area (Å²) in [5.74, 6) is 0.0853. The molecule has 6 aromatic carbocycles. The van der Waals surface area contributed by atoms with E-state index >= 15 is 0 Å². The summed E-state index contributed by atoms with van der Waals surface area (Å²) in [6.07, 6.45) is 2.35. The van der Waals surface area contributed by atoms with Gasteiger partial charge in [-0.3, -0.25) is 0 Å². The number of nitrogens with one attached hydrogen (secondary N) is 2. The van der Waals surface area contributed by atoms with Gasteiger partial charge >= 0.3 is 0 Å². The van der Waals surface area contributed by atoms with E-state index in [0.717, 1.165) is 29.3 Å². The van der Waals surface area contributed by atoms with E-state index in [1.807, 2.05) is 0 Å². The molecule has 0 radical (unpaired) electrons. The SMILES string of the molecule is CCCCn1c2ccccc2c2cc(C(c3ccc(Nc4ccccc4C)cc3)c3ccc(Nc4ccccc4C)cc3)ccc21. The summed E-state index contributed by atoms with van der Waals surface area (Å²) in [5, 5.41) is 9.86. The molecule has 0 aliphatic rings. The maximum absolute atomic E-state index is 3.61. The number of para-hydroxylation sites is 3. The maximum Gasteiger partial charge on any atom is 0.0491 e. The Morgan fingerprint density at radius 2 is 1.02 bits per heavy atom. The third-order valence-electron chi connectivity index (χ3n) is 9.20. The lowest BCUT2D eigenvalue weighted by molar-refractivity contribution is 0.665. The molecule has 0 saturated carbocycles. The Balaban J connectivity index is 1.29. The van der Waals surface area contributed by atoms with E-state index in [1.165, 1.54) is 62.5 Å². The molecule has 0 saturated heterocycles. The number of benzene rings is 6. The first-order valence-electron chi connectivity index (χ1n) is 16.4. The van der Waals surface area contributed by atoms with Crippen molar-refractivity contribution in [1.29, 1.82) is 0 Å². The van der Waals surface area contributed by atoms with Crippen LogP contribution in [0.4, 0.5) is 22.7 Å². The Hall–Kier alpha value is -5.28. The molecule has 7 aromatic rings. The molecular weight excluding hydrogens is 558 g/mol. The standard InChI is InChI=1S/C43H41N3/c1-4-5-28-46-41-17-11-8-14-37(41)38-29-34(22-27-42(38)46)43(32-18-23-35(24-19-32)44-39-15-9-6-12-30(39)2)33-20-25-36(26-21-33)45-40-16-10-7-13-31(40)3/h6-27,29,43-45H,4-5,28H2,1-3H3. The third-order valence-corrected chi connectivity index (χ3v) is 9.20. The molecule has 1 heterocycles. The highest BCUT2D eigenvalue weighted by Gasteiger charge is 2.20. The number of anilines is 4. The third kappa shape index (κ3) is 5.89. The maximum atomic E-state index is 3.61. The van der Waals surface area contributed by atoms with Gasteiger partial charge in [-0.25, -0.2) is 0 Å². The molecule has 0 spiro atoms. The molecule has 0 fully saturated rings. The number of hydrogen-bond acceptors (Lipinski definition) is 2. The molecule has 2 N–H and O–H groups in total. The van der Waals surface area contributed by atoms with Gasteiger partial charge in [-0.15, -0.1) is 0 Å². The van der Waals surface area contributed by atoms with Crippen molar-refractivity contribution in [2.24, 2.45) is 0 Å². The number of aromatic nitrogens is 1. The monoisotopic (exact) mass is 599 g/mol. The lowest BCUT2D eigenvalue weighted by Gasteiger charge is -2.21. The molecule has 0 aliphatic carbocycles. The van der Waals surface area contributed by atoms with Crippen LogP contribution in [0.15, 0.2) is 140 Å². The van der Waals surface area contributed by atoms with E-state index in [2.05, 4.69) is 175 Å². The lowest BCUT2D eigenvalue weighted by atomic mass is 9.84. The summed E-state index contributed by atoms with van der Waals surface area (Å²) in [4.78, 5) is 0. The van der Waals surface area contributed by atoms with E-state index < -0.39 is 0 Å². The van der Waals surface area contributed by atoms with Gasteiger partial charge in [0.1, 0.15) is 0 Å². The van der Waals surface area contributed by atoms with Crippen molar-refractivity contribution < 1.29 is 0 Å². The van der Waals surface area contributed by atoms with Crippen LogP contribution in [0.1, 0.15) is 53.5 Å². The summed E-state index contributed by atoms with van der Waals surface area (Å²) in [5.41, 5.74) is 13.4. The summed E-state index contributed by atoms with van der Waals surface area (Å²) < 4.78 is 2.50. The number of aryl methyl sites for hydroxylation is 3. The highest BCUT2D eigenvalue weighted by Crippen LogP contribution is 2.38. The number of fused-ring (bicyclic) bond motifs is 3. The molecule has 3 nitrogen and oxygen atoms in total. The van der Waals surface area contributed by atoms with E-state index in [1.54, 1.807) is 0 Å². The minimum atomic E-state index is 0.0853. The Morgan fingerprint density at radius 1 is 0.522 bits per heavy atom. The molecule has 1 aromatic heterocycles. The van der Waals surface area contributed by atoms with Crippen molar-refractivity contribution in [3.8, 4) is 0 Å². The van der Waals surface area contributed by atoms with Crippen molar-refractivity contribution in [1.82, 2.24) is 4.57 Å². The van der Waals surface area contributed by atoms with Crippen LogP contribution in [-0.2, 0) is 6.54 Å². The van der Waals surface area contributed by atoms with Gasteiger partial charge in [0.15, 0.2) is 0 Å². The first-order valence-corrected chi connectivity index (χ1v) is 16.4. The average molecular weight is 600 g/mol. The number of nitrogens with zero attached hydrogens (tertiary/aromatic N) is 1. The van der Waals surface area contributed by atoms with Gasteiger partial charge in [0.25, 0.3) is 0 Å². The normalized spacial score (nSPS) is 11.4. The molecule has 0 atom stereocenters. The van der Waals surface area contributed by atoms with Crippen LogP contribution in [-0.4, -0.2) is 4.57 Å². The predicted molar refractivity (Wildman–Crippen MR) is 197 cm³/mol. The Bertz CT molecular complexity index is 2010. The molecule has 0 amide bonds. The Labute approximate surface area is 272 Å². The molecule has 0 bridgehead atoms. The second-order valence-electron chi connectivity index (χ2n) is 12.4. The molecule has 3 heteroatoms. The van der Waals surface area contributed by atoms with Crippen LogP contribution < -0.4 is 10.6 Å². The van der Waals surface area contributed by atoms with Crippen molar-refractivity contribution in [3.05, 3.63) is 167 Å². The Morgan fingerprint density at radius 3 is 1.59 bits per heavy atom. The number of hydrogen-bond donors (Lipinski definition) is 2. The fourth-order valence-corrected chi connectivity index (χ4v) is 6.64. The van der Waals surface area contributed by atoms with Gasteiger partial charge in [0, 0.05) is 57.0 Å². The highest BCUT2D eigenvalue weighted by atomic mass is 15.0. The first-order chi connectivity index (χ1) is 22.6. The van der Waals surface area contributed by atoms with Crippen molar-refractivity contribution >= 4 is 44.6 Å². The predicted octanol–water partition coefficient (Wildman–Crippen LogP) is 11.9. The number of rotatable bonds is 10. The summed E-state index contributed by atoms with van der Waals surface area (Å²) in [7, 11) is 0. The second kappa shape index (κ2) is 13.0. The Kier molecular flexibility index (Phi) is 8.31. The quantitative estimate of drug-likeness (QED) is 0.153. The van der Waals surface area contributed by atoms with Crippen molar-refractivity contribution in [2.75, 3.05) is 10.6 Å². The molecule has 0 aliphatic heterocycles. The summed E-state index contributed by atoms with van der Waals surface area (Å²) in [6.45, 7) is 7.58. The summed E-state index contributed by atoms with van der Waals surface area (Å²) in [6, 6.07) is 50.8. The van der Waals surface area contributed by atoms with Gasteiger partial charge in [-0.05, 0) is 103 Å². The van der Waals surface area contributed by atoms with Gasteiger partial charge in [-0.1, -0.05) is 98.3 Å². The van der Waals surface area contributed by atoms with Gasteiger partial charge in [0.2, 0.25) is 0 Å². The fraction of sp³-hybridized carbons (Fsp3) is 0.163.